The lowest BCUT2D eigenvalue weighted by Crippen LogP contribution is -2.18. The predicted octanol–water partition coefficient (Wildman–Crippen LogP) is 7.04. The number of esters is 1. The van der Waals surface area contributed by atoms with Crippen LogP contribution < -0.4 is 5.32 Å². The van der Waals surface area contributed by atoms with Gasteiger partial charge in [-0.2, -0.15) is 18.3 Å². The molecule has 0 saturated carbocycles. The van der Waals surface area contributed by atoms with Crippen LogP contribution >= 0.6 is 22.7 Å². The number of hydrogen-bond acceptors (Lipinski definition) is 7. The van der Waals surface area contributed by atoms with E-state index < -0.39 is 23.7 Å². The van der Waals surface area contributed by atoms with Crippen molar-refractivity contribution in [3.05, 3.63) is 56.5 Å². The van der Waals surface area contributed by atoms with E-state index in [1.165, 1.54) is 28.7 Å². The van der Waals surface area contributed by atoms with Gasteiger partial charge in [0.05, 0.1) is 22.7 Å². The van der Waals surface area contributed by atoms with Gasteiger partial charge in [-0.05, 0) is 62.3 Å². The van der Waals surface area contributed by atoms with Gasteiger partial charge in [-0.1, -0.05) is 20.3 Å². The second-order valence-electron chi connectivity index (χ2n) is 9.34. The van der Waals surface area contributed by atoms with Crippen molar-refractivity contribution in [2.75, 3.05) is 11.9 Å². The molecule has 0 bridgehead atoms. The number of ether oxygens (including phenoxy) is 1. The number of rotatable bonds is 7. The van der Waals surface area contributed by atoms with Gasteiger partial charge in [0, 0.05) is 15.8 Å². The summed E-state index contributed by atoms with van der Waals surface area (Å²) in [5.41, 5.74) is -0.00728. The van der Waals surface area contributed by atoms with Crippen LogP contribution in [0.2, 0.25) is 0 Å². The van der Waals surface area contributed by atoms with Crippen LogP contribution in [0.25, 0.3) is 16.2 Å². The van der Waals surface area contributed by atoms with Crippen LogP contribution in [0.1, 0.15) is 75.5 Å². The van der Waals surface area contributed by atoms with Gasteiger partial charge >= 0.3 is 12.1 Å². The van der Waals surface area contributed by atoms with Crippen molar-refractivity contribution in [3.8, 4) is 10.6 Å². The van der Waals surface area contributed by atoms with E-state index in [9.17, 15) is 22.8 Å². The van der Waals surface area contributed by atoms with Gasteiger partial charge in [0.1, 0.15) is 5.00 Å². The van der Waals surface area contributed by atoms with Crippen molar-refractivity contribution in [2.24, 2.45) is 5.92 Å². The first-order valence-electron chi connectivity index (χ1n) is 12.8. The van der Waals surface area contributed by atoms with E-state index in [4.69, 9.17) is 4.74 Å². The van der Waals surface area contributed by atoms with E-state index in [2.05, 4.69) is 22.3 Å². The number of carbonyl (C=O) groups excluding carboxylic acids is 2. The molecule has 4 aromatic heterocycles. The van der Waals surface area contributed by atoms with E-state index >= 15 is 0 Å². The van der Waals surface area contributed by atoms with Gasteiger partial charge in [-0.3, -0.25) is 4.79 Å². The predicted molar refractivity (Wildman–Crippen MR) is 145 cm³/mol. The summed E-state index contributed by atoms with van der Waals surface area (Å²) >= 11 is 2.69. The summed E-state index contributed by atoms with van der Waals surface area (Å²) < 4.78 is 47.9. The molecule has 0 saturated heterocycles. The number of halogens is 3. The van der Waals surface area contributed by atoms with Crippen LogP contribution in [-0.4, -0.2) is 33.1 Å². The molecule has 1 unspecified atom stereocenters. The third-order valence-electron chi connectivity index (χ3n) is 6.86. The Hall–Kier alpha value is -3.25. The maximum absolute atomic E-state index is 14.0. The zero-order valence-corrected chi connectivity index (χ0v) is 23.3. The summed E-state index contributed by atoms with van der Waals surface area (Å²) in [5.74, 6) is -0.759. The standard InChI is InChI=1S/C27H27F3N4O3S2/c1-4-14-7-9-16-20(11-14)39-25(23(16)26(36)37-6-3)32-24(35)18-13-22-31-17(19-10-8-15(5-2)38-19)12-21(27(28,29)30)34(22)33-18/h8,10,12-14H,4-7,9,11H2,1-3H3,(H,32,35). The van der Waals surface area contributed by atoms with Crippen LogP contribution in [0.15, 0.2) is 24.3 Å². The summed E-state index contributed by atoms with van der Waals surface area (Å²) in [5, 5.41) is 7.02. The first-order chi connectivity index (χ1) is 18.6. The molecule has 4 aromatic rings. The highest BCUT2D eigenvalue weighted by molar-refractivity contribution is 7.17. The van der Waals surface area contributed by atoms with Crippen LogP contribution in [0.4, 0.5) is 18.2 Å². The Morgan fingerprint density at radius 1 is 1.18 bits per heavy atom. The van der Waals surface area contributed by atoms with Gasteiger partial charge in [-0.15, -0.1) is 22.7 Å². The van der Waals surface area contributed by atoms with Crippen molar-refractivity contribution in [3.63, 3.8) is 0 Å². The van der Waals surface area contributed by atoms with E-state index in [1.54, 1.807) is 13.0 Å². The fourth-order valence-corrected chi connectivity index (χ4v) is 7.05. The average molecular weight is 577 g/mol. The molecule has 206 valence electrons. The van der Waals surface area contributed by atoms with Gasteiger partial charge in [0.25, 0.3) is 5.91 Å². The fraction of sp³-hybridized carbons (Fsp3) is 0.407. The van der Waals surface area contributed by atoms with Crippen molar-refractivity contribution >= 4 is 45.2 Å². The van der Waals surface area contributed by atoms with Crippen LogP contribution in [0, 0.1) is 5.92 Å². The number of carbonyl (C=O) groups is 2. The topological polar surface area (TPSA) is 85.6 Å². The smallest absolute Gasteiger partial charge is 0.433 e. The summed E-state index contributed by atoms with van der Waals surface area (Å²) in [6.45, 7) is 5.97. The molecule has 7 nitrogen and oxygen atoms in total. The SMILES string of the molecule is CCOC(=O)c1c(NC(=O)c2cc3nc(-c4ccc(CC)s4)cc(C(F)(F)F)n3n2)sc2c1CCC(CC)C2. The summed E-state index contributed by atoms with van der Waals surface area (Å²) in [6.07, 6.45) is -0.513. The van der Waals surface area contributed by atoms with Crippen molar-refractivity contribution < 1.29 is 27.5 Å². The second kappa shape index (κ2) is 10.7. The molecule has 39 heavy (non-hydrogen) atoms. The number of hydrogen-bond donors (Lipinski definition) is 1. The maximum Gasteiger partial charge on any atom is 0.433 e. The zero-order chi connectivity index (χ0) is 27.9. The molecule has 1 N–H and O–H groups in total. The number of thiophene rings is 2. The Bertz CT molecular complexity index is 1550. The van der Waals surface area contributed by atoms with Crippen LogP contribution in [0.5, 0.6) is 0 Å². The van der Waals surface area contributed by atoms with Gasteiger partial charge in [0.2, 0.25) is 0 Å². The molecule has 1 atom stereocenters. The van der Waals surface area contributed by atoms with Crippen LogP contribution in [-0.2, 0) is 30.2 Å². The number of amides is 1. The minimum absolute atomic E-state index is 0.0988. The van der Waals surface area contributed by atoms with E-state index in [0.29, 0.717) is 32.3 Å². The molecule has 1 amide bonds. The Kier molecular flexibility index (Phi) is 7.51. The highest BCUT2D eigenvalue weighted by Gasteiger charge is 2.36. The minimum Gasteiger partial charge on any atom is -0.462 e. The quantitative estimate of drug-likeness (QED) is 0.239. The molecule has 0 aliphatic heterocycles. The number of nitrogens with zero attached hydrogens (tertiary/aromatic N) is 3. The molecular weight excluding hydrogens is 549 g/mol. The summed E-state index contributed by atoms with van der Waals surface area (Å²) in [7, 11) is 0. The Balaban J connectivity index is 1.53. The van der Waals surface area contributed by atoms with E-state index in [-0.39, 0.29) is 23.6 Å². The summed E-state index contributed by atoms with van der Waals surface area (Å²) in [6, 6.07) is 5.78. The van der Waals surface area contributed by atoms with E-state index in [0.717, 1.165) is 47.1 Å². The highest BCUT2D eigenvalue weighted by atomic mass is 32.1. The molecule has 0 fully saturated rings. The molecule has 1 aliphatic carbocycles. The normalized spacial score (nSPS) is 15.4. The Morgan fingerprint density at radius 2 is 1.97 bits per heavy atom. The molecular formula is C27H27F3N4O3S2. The number of alkyl halides is 3. The molecule has 12 heteroatoms. The summed E-state index contributed by atoms with van der Waals surface area (Å²) in [4.78, 5) is 33.1. The first kappa shape index (κ1) is 27.3. The number of aryl methyl sites for hydroxylation is 1. The average Bonchev–Trinajstić information content (AvgIpc) is 3.63. The van der Waals surface area contributed by atoms with Gasteiger partial charge < -0.3 is 10.1 Å². The maximum atomic E-state index is 14.0. The monoisotopic (exact) mass is 576 g/mol. The lowest BCUT2D eigenvalue weighted by molar-refractivity contribution is -0.142. The number of aromatic nitrogens is 3. The highest BCUT2D eigenvalue weighted by Crippen LogP contribution is 2.41. The third kappa shape index (κ3) is 5.31. The molecule has 0 aromatic carbocycles. The minimum atomic E-state index is -4.72. The van der Waals surface area contributed by atoms with E-state index in [1.807, 2.05) is 13.0 Å². The molecule has 5 rings (SSSR count). The zero-order valence-electron chi connectivity index (χ0n) is 21.6. The van der Waals surface area contributed by atoms with Gasteiger partial charge in [0.15, 0.2) is 17.0 Å². The molecule has 4 heterocycles. The second-order valence-corrected chi connectivity index (χ2v) is 11.6. The number of nitrogens with one attached hydrogen (secondary N) is 1. The van der Waals surface area contributed by atoms with Crippen molar-refractivity contribution in [1.82, 2.24) is 14.6 Å². The molecule has 0 radical (unpaired) electrons. The van der Waals surface area contributed by atoms with Gasteiger partial charge in [-0.25, -0.2) is 14.3 Å². The Labute approximate surface area is 231 Å². The van der Waals surface area contributed by atoms with Crippen molar-refractivity contribution in [2.45, 2.75) is 59.1 Å². The number of fused-ring (bicyclic) bond motifs is 2. The lowest BCUT2D eigenvalue weighted by atomic mass is 9.85. The molecule has 1 aliphatic rings. The van der Waals surface area contributed by atoms with Crippen molar-refractivity contribution in [1.29, 1.82) is 0 Å². The van der Waals surface area contributed by atoms with Crippen LogP contribution in [0.3, 0.4) is 0 Å². The first-order valence-corrected chi connectivity index (χ1v) is 14.5. The molecule has 0 spiro atoms. The fourth-order valence-electron chi connectivity index (χ4n) is 4.80. The third-order valence-corrected chi connectivity index (χ3v) is 9.29. The lowest BCUT2D eigenvalue weighted by Gasteiger charge is -2.20. The number of anilines is 1. The largest absolute Gasteiger partial charge is 0.462 e. The Morgan fingerprint density at radius 3 is 2.64 bits per heavy atom.